The molecule has 1 heterocycles. The summed E-state index contributed by atoms with van der Waals surface area (Å²) < 4.78 is 0. The Morgan fingerprint density at radius 3 is 1.81 bits per heavy atom. The number of amides is 8. The Balaban J connectivity index is 2.01. The first-order chi connectivity index (χ1) is 26.7. The quantitative estimate of drug-likeness (QED) is 0.0519. The number of nitrogens with two attached hydrogens (primary N) is 2. The molecule has 1 aromatic carbocycles. The minimum absolute atomic E-state index is 0.0802. The molecule has 1 fully saturated rings. The number of aliphatic hydroxyl groups is 2. The molecule has 8 amide bonds. The van der Waals surface area contributed by atoms with Gasteiger partial charge < -0.3 is 63.6 Å². The average molecular weight is 824 g/mol. The van der Waals surface area contributed by atoms with Gasteiger partial charge in [-0.3, -0.25) is 38.4 Å². The lowest BCUT2D eigenvalue weighted by Gasteiger charge is -2.29. The summed E-state index contributed by atoms with van der Waals surface area (Å²) in [6, 6.07) is -2.57. The van der Waals surface area contributed by atoms with Crippen LogP contribution in [0.3, 0.4) is 0 Å². The van der Waals surface area contributed by atoms with Crippen molar-refractivity contribution in [1.82, 2.24) is 36.8 Å². The van der Waals surface area contributed by atoms with Gasteiger partial charge in [-0.2, -0.15) is 12.6 Å². The second-order valence-corrected chi connectivity index (χ2v) is 14.1. The predicted molar refractivity (Wildman–Crippen MR) is 204 cm³/mol. The van der Waals surface area contributed by atoms with E-state index in [-0.39, 0.29) is 25.1 Å². The molecule has 1 saturated heterocycles. The number of aliphatic carboxylic acids is 1. The Morgan fingerprint density at radius 2 is 1.30 bits per heavy atom. The molecule has 1 aliphatic rings. The zero-order valence-corrected chi connectivity index (χ0v) is 32.9. The Morgan fingerprint density at radius 1 is 0.754 bits per heavy atom. The number of likely N-dealkylation sites (tertiary alicyclic amines) is 1. The molecule has 0 aromatic heterocycles. The van der Waals surface area contributed by atoms with Gasteiger partial charge in [0.05, 0.1) is 18.6 Å². The van der Waals surface area contributed by atoms with Crippen molar-refractivity contribution in [2.45, 2.75) is 114 Å². The topological polar surface area (TPSA) is 342 Å². The molecular weight excluding hydrogens is 771 g/mol. The van der Waals surface area contributed by atoms with Crippen LogP contribution in [0.2, 0.25) is 0 Å². The Kier molecular flexibility index (Phi) is 18.8. The Hall–Kier alpha value is -5.32. The lowest BCUT2D eigenvalue weighted by Crippen LogP contribution is -2.61. The van der Waals surface area contributed by atoms with Gasteiger partial charge >= 0.3 is 5.97 Å². The number of nitrogens with zero attached hydrogens (tertiary/aromatic N) is 1. The van der Waals surface area contributed by atoms with Gasteiger partial charge in [0.15, 0.2) is 0 Å². The van der Waals surface area contributed by atoms with Gasteiger partial charge in [0.2, 0.25) is 47.3 Å². The van der Waals surface area contributed by atoms with Gasteiger partial charge in [-0.15, -0.1) is 0 Å². The first kappa shape index (κ1) is 47.8. The van der Waals surface area contributed by atoms with E-state index in [1.807, 2.05) is 0 Å². The summed E-state index contributed by atoms with van der Waals surface area (Å²) in [5.41, 5.74) is 11.7. The molecule has 1 aromatic rings. The van der Waals surface area contributed by atoms with Crippen molar-refractivity contribution < 1.29 is 58.5 Å². The molecule has 10 atom stereocenters. The number of nitrogens with one attached hydrogen (secondary N) is 6. The molecule has 0 bridgehead atoms. The van der Waals surface area contributed by atoms with Crippen LogP contribution in [0.4, 0.5) is 0 Å². The van der Waals surface area contributed by atoms with E-state index in [0.717, 1.165) is 0 Å². The minimum atomic E-state index is -1.62. The number of carbonyl (C=O) groups excluding carboxylic acids is 8. The molecule has 22 heteroatoms. The van der Waals surface area contributed by atoms with E-state index in [1.54, 1.807) is 30.3 Å². The Labute approximate surface area is 334 Å². The highest BCUT2D eigenvalue weighted by atomic mass is 32.1. The van der Waals surface area contributed by atoms with Gasteiger partial charge in [-0.25, -0.2) is 4.79 Å². The summed E-state index contributed by atoms with van der Waals surface area (Å²) in [7, 11) is 0. The monoisotopic (exact) mass is 823 g/mol. The molecule has 0 spiro atoms. The normalized spacial score (nSPS) is 18.5. The number of primary amides is 1. The standard InChI is InChI=1S/C35H53N9O12S/c1-16(38-30(50)21(14-25(36)47)40-32(52)24-11-8-12-44(24)34(54)26(37)18(3)45)28(48)42-23(15-57)31(51)39-17(2)29(49)43-27(19(4)46)33(53)41-22(35(55)56)13-20-9-6-5-7-10-20/h5-7,9-10,16-19,21-24,26-27,45-46,57H,8,11-15,37H2,1-4H3,(H2,36,47)(H,38,50)(H,39,51)(H,40,52)(H,41,53)(H,42,48)(H,43,49)(H,55,56)/t16-,17-,18+,19+,21-,22-,23-,24-,26-,27-/m0/s1. The lowest BCUT2D eigenvalue weighted by molar-refractivity contribution is -0.143. The third-order valence-corrected chi connectivity index (χ3v) is 9.33. The fourth-order valence-electron chi connectivity index (χ4n) is 5.62. The number of thiol groups is 1. The van der Waals surface area contributed by atoms with Crippen LogP contribution in [0.15, 0.2) is 30.3 Å². The maximum atomic E-state index is 13.2. The Bertz CT molecular complexity index is 1630. The van der Waals surface area contributed by atoms with E-state index in [9.17, 15) is 58.5 Å². The number of carboxylic acids is 1. The summed E-state index contributed by atoms with van der Waals surface area (Å²) in [5, 5.41) is 43.6. The van der Waals surface area contributed by atoms with Gasteiger partial charge in [-0.1, -0.05) is 30.3 Å². The highest BCUT2D eigenvalue weighted by Gasteiger charge is 2.39. The van der Waals surface area contributed by atoms with Crippen LogP contribution >= 0.6 is 12.6 Å². The van der Waals surface area contributed by atoms with Crippen LogP contribution in [-0.2, 0) is 49.6 Å². The van der Waals surface area contributed by atoms with Gasteiger partial charge in [0.25, 0.3) is 0 Å². The molecule has 2 rings (SSSR count). The van der Waals surface area contributed by atoms with Crippen molar-refractivity contribution in [1.29, 1.82) is 0 Å². The smallest absolute Gasteiger partial charge is 0.326 e. The first-order valence-electron chi connectivity index (χ1n) is 18.1. The summed E-state index contributed by atoms with van der Waals surface area (Å²) in [6.07, 6.45) is -2.80. The van der Waals surface area contributed by atoms with Crippen LogP contribution in [0, 0.1) is 0 Å². The van der Waals surface area contributed by atoms with Crippen molar-refractivity contribution in [3.8, 4) is 0 Å². The van der Waals surface area contributed by atoms with Gasteiger partial charge in [-0.05, 0) is 46.1 Å². The lowest BCUT2D eigenvalue weighted by atomic mass is 10.0. The maximum Gasteiger partial charge on any atom is 0.326 e. The van der Waals surface area contributed by atoms with E-state index in [4.69, 9.17) is 11.5 Å². The number of hydrogen-bond donors (Lipinski definition) is 12. The molecule has 57 heavy (non-hydrogen) atoms. The van der Waals surface area contributed by atoms with E-state index < -0.39 is 120 Å². The molecule has 1 aliphatic heterocycles. The third-order valence-electron chi connectivity index (χ3n) is 8.96. The van der Waals surface area contributed by atoms with E-state index in [0.29, 0.717) is 12.0 Å². The molecule has 0 aliphatic carbocycles. The van der Waals surface area contributed by atoms with Crippen molar-refractivity contribution in [3.05, 3.63) is 35.9 Å². The molecule has 0 radical (unpaired) electrons. The summed E-state index contributed by atoms with van der Waals surface area (Å²) in [5.74, 6) is -8.84. The van der Waals surface area contributed by atoms with Crippen LogP contribution in [0.5, 0.6) is 0 Å². The van der Waals surface area contributed by atoms with Crippen molar-refractivity contribution >= 4 is 65.9 Å². The van der Waals surface area contributed by atoms with E-state index in [1.165, 1.54) is 32.6 Å². The average Bonchev–Trinajstić information content (AvgIpc) is 3.64. The predicted octanol–water partition coefficient (Wildman–Crippen LogP) is -4.85. The second-order valence-electron chi connectivity index (χ2n) is 13.7. The number of carbonyl (C=O) groups is 9. The molecule has 13 N–H and O–H groups in total. The SMILES string of the molecule is C[C@H](NC(=O)[C@H](CS)NC(=O)[C@H](C)NC(=O)[C@H](CC(N)=O)NC(=O)[C@@H]1CCCN1C(=O)[C@@H](N)[C@@H](C)O)C(=O)N[C@H](C(=O)N[C@@H](Cc1ccccc1)C(=O)O)[C@@H](C)O. The van der Waals surface area contributed by atoms with Gasteiger partial charge in [0.1, 0.15) is 48.3 Å². The van der Waals surface area contributed by atoms with Crippen LogP contribution < -0.4 is 43.4 Å². The first-order valence-corrected chi connectivity index (χ1v) is 18.7. The zero-order valence-electron chi connectivity index (χ0n) is 32.0. The van der Waals surface area contributed by atoms with Crippen LogP contribution in [0.25, 0.3) is 0 Å². The summed E-state index contributed by atoms with van der Waals surface area (Å²) in [4.78, 5) is 116. The third kappa shape index (κ3) is 14.6. The molecule has 21 nitrogen and oxygen atoms in total. The molecule has 0 unspecified atom stereocenters. The number of benzene rings is 1. The fraction of sp³-hybridized carbons (Fsp3) is 0.571. The minimum Gasteiger partial charge on any atom is -0.480 e. The van der Waals surface area contributed by atoms with E-state index in [2.05, 4.69) is 44.5 Å². The number of carboxylic acid groups (broad SMARTS) is 1. The van der Waals surface area contributed by atoms with Gasteiger partial charge in [0, 0.05) is 18.7 Å². The number of aliphatic hydroxyl groups excluding tert-OH is 2. The number of rotatable bonds is 21. The molecule has 0 saturated carbocycles. The summed E-state index contributed by atoms with van der Waals surface area (Å²) >= 11 is 4.08. The molecular formula is C35H53N9O12S. The highest BCUT2D eigenvalue weighted by molar-refractivity contribution is 7.80. The highest BCUT2D eigenvalue weighted by Crippen LogP contribution is 2.19. The molecule has 316 valence electrons. The maximum absolute atomic E-state index is 13.2. The van der Waals surface area contributed by atoms with Crippen LogP contribution in [0.1, 0.15) is 52.5 Å². The van der Waals surface area contributed by atoms with Crippen LogP contribution in [-0.4, -0.2) is 146 Å². The van der Waals surface area contributed by atoms with Crippen molar-refractivity contribution in [2.75, 3.05) is 12.3 Å². The second kappa shape index (κ2) is 22.4. The largest absolute Gasteiger partial charge is 0.480 e. The van der Waals surface area contributed by atoms with E-state index >= 15 is 0 Å². The zero-order chi connectivity index (χ0) is 43.1. The van der Waals surface area contributed by atoms with Crippen molar-refractivity contribution in [3.63, 3.8) is 0 Å². The number of hydrogen-bond acceptors (Lipinski definition) is 13. The fourth-order valence-corrected chi connectivity index (χ4v) is 5.88. The summed E-state index contributed by atoms with van der Waals surface area (Å²) in [6.45, 7) is 5.16. The van der Waals surface area contributed by atoms with Crippen molar-refractivity contribution in [2.24, 2.45) is 11.5 Å².